The molecule has 0 aliphatic heterocycles. The van der Waals surface area contributed by atoms with E-state index in [0.29, 0.717) is 34.4 Å². The van der Waals surface area contributed by atoms with Crippen LogP contribution >= 0.6 is 0 Å². The maximum atomic E-state index is 15.5. The summed E-state index contributed by atoms with van der Waals surface area (Å²) in [4.78, 5) is 4.11. The van der Waals surface area contributed by atoms with E-state index in [2.05, 4.69) is 20.3 Å². The quantitative estimate of drug-likeness (QED) is 0.267. The highest BCUT2D eigenvalue weighted by Crippen LogP contribution is 2.46. The van der Waals surface area contributed by atoms with Gasteiger partial charge in [-0.2, -0.15) is 32.1 Å². The third-order valence-corrected chi connectivity index (χ3v) is 5.89. The van der Waals surface area contributed by atoms with E-state index in [0.717, 1.165) is 6.07 Å². The minimum absolute atomic E-state index is 0.0250. The standard InChI is InChI=1S/C24H16F7N5/c1-11(2)22-20(13-4-6-17-14(21(13)26)9-33-34-17)19-8-18(32-10-36(19)35-22)12-3-5-16(25)15(7-12)23(27,28)24(29,30)31/h3-11H,1-2H3,(H,33,34). The van der Waals surface area contributed by atoms with Gasteiger partial charge in [0.1, 0.15) is 18.0 Å². The van der Waals surface area contributed by atoms with Gasteiger partial charge in [0.05, 0.1) is 39.6 Å². The van der Waals surface area contributed by atoms with Crippen molar-refractivity contribution in [2.45, 2.75) is 31.9 Å². The number of nitrogens with zero attached hydrogens (tertiary/aromatic N) is 4. The van der Waals surface area contributed by atoms with Gasteiger partial charge in [0.15, 0.2) is 0 Å². The lowest BCUT2D eigenvalue weighted by atomic mass is 9.96. The summed E-state index contributed by atoms with van der Waals surface area (Å²) in [6.45, 7) is 3.69. The lowest BCUT2D eigenvalue weighted by Gasteiger charge is -2.21. The molecule has 0 aliphatic carbocycles. The van der Waals surface area contributed by atoms with E-state index in [9.17, 15) is 26.3 Å². The molecule has 0 saturated carbocycles. The average molecular weight is 507 g/mol. The van der Waals surface area contributed by atoms with Crippen molar-refractivity contribution in [3.63, 3.8) is 0 Å². The predicted octanol–water partition coefficient (Wildman–Crippen LogP) is 7.00. The number of hydrogen-bond donors (Lipinski definition) is 1. The molecule has 0 unspecified atom stereocenters. The molecular formula is C24H16F7N5. The van der Waals surface area contributed by atoms with Crippen molar-refractivity contribution < 1.29 is 30.7 Å². The summed E-state index contributed by atoms with van der Waals surface area (Å²) < 4.78 is 97.4. The Balaban J connectivity index is 1.73. The second-order valence-corrected chi connectivity index (χ2v) is 8.54. The van der Waals surface area contributed by atoms with Crippen LogP contribution in [-0.2, 0) is 5.92 Å². The number of aromatic nitrogens is 5. The number of nitrogens with one attached hydrogen (secondary N) is 1. The number of hydrogen-bond acceptors (Lipinski definition) is 3. The summed E-state index contributed by atoms with van der Waals surface area (Å²) in [7, 11) is 0. The van der Waals surface area contributed by atoms with Crippen LogP contribution in [0, 0.1) is 11.6 Å². The number of halogens is 7. The molecule has 186 valence electrons. The first-order valence-corrected chi connectivity index (χ1v) is 10.7. The zero-order chi connectivity index (χ0) is 26.0. The molecule has 36 heavy (non-hydrogen) atoms. The van der Waals surface area contributed by atoms with Crippen LogP contribution in [0.5, 0.6) is 0 Å². The summed E-state index contributed by atoms with van der Waals surface area (Å²) >= 11 is 0. The summed E-state index contributed by atoms with van der Waals surface area (Å²) in [5, 5.41) is 11.2. The second kappa shape index (κ2) is 8.04. The van der Waals surface area contributed by atoms with Crippen LogP contribution in [0.25, 0.3) is 38.8 Å². The van der Waals surface area contributed by atoms with E-state index in [-0.39, 0.29) is 28.1 Å². The molecule has 0 aliphatic rings. The van der Waals surface area contributed by atoms with Gasteiger partial charge < -0.3 is 0 Å². The minimum atomic E-state index is -5.99. The number of H-pyrrole nitrogens is 1. The molecule has 0 amide bonds. The monoisotopic (exact) mass is 507 g/mol. The SMILES string of the molecule is CC(C)c1nn2cnc(-c3ccc(F)c(C(F)(F)C(F)(F)F)c3)cc2c1-c1ccc2[nH]ncc2c1F. The fourth-order valence-electron chi connectivity index (χ4n) is 4.07. The van der Waals surface area contributed by atoms with E-state index in [4.69, 9.17) is 0 Å². The Hall–Kier alpha value is -3.96. The van der Waals surface area contributed by atoms with Crippen LogP contribution in [-0.4, -0.2) is 31.0 Å². The van der Waals surface area contributed by atoms with E-state index < -0.39 is 29.3 Å². The average Bonchev–Trinajstić information content (AvgIpc) is 3.44. The van der Waals surface area contributed by atoms with Crippen molar-refractivity contribution >= 4 is 16.4 Å². The third-order valence-electron chi connectivity index (χ3n) is 5.89. The van der Waals surface area contributed by atoms with Gasteiger partial charge in [0.25, 0.3) is 0 Å². The third kappa shape index (κ3) is 3.59. The van der Waals surface area contributed by atoms with Crippen LogP contribution in [0.1, 0.15) is 31.0 Å². The van der Waals surface area contributed by atoms with Crippen molar-refractivity contribution in [1.29, 1.82) is 0 Å². The van der Waals surface area contributed by atoms with E-state index in [1.165, 1.54) is 23.1 Å². The molecule has 2 aromatic carbocycles. The number of alkyl halides is 5. The van der Waals surface area contributed by atoms with Gasteiger partial charge in [-0.05, 0) is 42.3 Å². The van der Waals surface area contributed by atoms with Crippen molar-refractivity contribution in [3.8, 4) is 22.4 Å². The van der Waals surface area contributed by atoms with Gasteiger partial charge in [-0.3, -0.25) is 5.10 Å². The topological polar surface area (TPSA) is 58.9 Å². The highest BCUT2D eigenvalue weighted by molar-refractivity contribution is 5.91. The Morgan fingerprint density at radius 3 is 2.42 bits per heavy atom. The van der Waals surface area contributed by atoms with E-state index in [1.807, 2.05) is 13.8 Å². The first-order chi connectivity index (χ1) is 16.9. The Morgan fingerprint density at radius 2 is 1.72 bits per heavy atom. The molecule has 0 fully saturated rings. The highest BCUT2D eigenvalue weighted by Gasteiger charge is 2.60. The van der Waals surface area contributed by atoms with Crippen molar-refractivity contribution in [3.05, 3.63) is 71.8 Å². The summed E-state index contributed by atoms with van der Waals surface area (Å²) in [5.74, 6) is -7.84. The van der Waals surface area contributed by atoms with Crippen LogP contribution in [0.3, 0.4) is 0 Å². The van der Waals surface area contributed by atoms with Gasteiger partial charge in [-0.25, -0.2) is 18.3 Å². The molecule has 3 aromatic heterocycles. The van der Waals surface area contributed by atoms with Crippen LogP contribution in [0.15, 0.2) is 48.9 Å². The molecule has 5 rings (SSSR count). The van der Waals surface area contributed by atoms with E-state index in [1.54, 1.807) is 12.1 Å². The predicted molar refractivity (Wildman–Crippen MR) is 117 cm³/mol. The molecule has 1 N–H and O–H groups in total. The molecule has 0 spiro atoms. The molecule has 0 saturated heterocycles. The molecule has 0 atom stereocenters. The largest absolute Gasteiger partial charge is 0.458 e. The Labute approximate surface area is 198 Å². The second-order valence-electron chi connectivity index (χ2n) is 8.54. The number of aromatic amines is 1. The lowest BCUT2D eigenvalue weighted by molar-refractivity contribution is -0.290. The Morgan fingerprint density at radius 1 is 0.972 bits per heavy atom. The summed E-state index contributed by atoms with van der Waals surface area (Å²) in [6, 6.07) is 6.55. The molecule has 5 aromatic rings. The van der Waals surface area contributed by atoms with Gasteiger partial charge in [0, 0.05) is 16.7 Å². The highest BCUT2D eigenvalue weighted by atomic mass is 19.4. The van der Waals surface area contributed by atoms with Crippen molar-refractivity contribution in [2.24, 2.45) is 0 Å². The summed E-state index contributed by atoms with van der Waals surface area (Å²) in [6.07, 6.45) is -3.42. The molecule has 12 heteroatoms. The maximum Gasteiger partial charge on any atom is 0.458 e. The zero-order valence-electron chi connectivity index (χ0n) is 18.6. The van der Waals surface area contributed by atoms with Gasteiger partial charge in [-0.15, -0.1) is 0 Å². The molecular weight excluding hydrogens is 491 g/mol. The zero-order valence-corrected chi connectivity index (χ0v) is 18.6. The minimum Gasteiger partial charge on any atom is -0.278 e. The van der Waals surface area contributed by atoms with Gasteiger partial charge in [-0.1, -0.05) is 13.8 Å². The fraction of sp³-hybridized carbons (Fsp3) is 0.208. The Bertz CT molecular complexity index is 1620. The van der Waals surface area contributed by atoms with Gasteiger partial charge in [0.2, 0.25) is 0 Å². The first kappa shape index (κ1) is 23.8. The van der Waals surface area contributed by atoms with Crippen molar-refractivity contribution in [1.82, 2.24) is 24.8 Å². The lowest BCUT2D eigenvalue weighted by Crippen LogP contribution is -2.34. The number of rotatable bonds is 4. The van der Waals surface area contributed by atoms with Crippen LogP contribution < -0.4 is 0 Å². The first-order valence-electron chi connectivity index (χ1n) is 10.7. The van der Waals surface area contributed by atoms with Crippen molar-refractivity contribution in [2.75, 3.05) is 0 Å². The Kier molecular flexibility index (Phi) is 5.31. The number of fused-ring (bicyclic) bond motifs is 2. The molecule has 5 nitrogen and oxygen atoms in total. The molecule has 0 bridgehead atoms. The molecule has 3 heterocycles. The van der Waals surface area contributed by atoms with Crippen LogP contribution in [0.4, 0.5) is 30.7 Å². The number of benzene rings is 2. The maximum absolute atomic E-state index is 15.5. The molecule has 0 radical (unpaired) electrons. The van der Waals surface area contributed by atoms with Gasteiger partial charge >= 0.3 is 12.1 Å². The smallest absolute Gasteiger partial charge is 0.278 e. The summed E-state index contributed by atoms with van der Waals surface area (Å²) in [5.41, 5.74) is -0.101. The normalized spacial score (nSPS) is 12.8. The fourth-order valence-corrected chi connectivity index (χ4v) is 4.07. The van der Waals surface area contributed by atoms with E-state index >= 15 is 4.39 Å². The van der Waals surface area contributed by atoms with Crippen LogP contribution in [0.2, 0.25) is 0 Å².